The van der Waals surface area contributed by atoms with Crippen molar-refractivity contribution in [3.05, 3.63) is 41.0 Å². The number of rotatable bonds is 7. The molecule has 2 rings (SSSR count). The van der Waals surface area contributed by atoms with E-state index in [-0.39, 0.29) is 10.6 Å². The zero-order valence-corrected chi connectivity index (χ0v) is 11.3. The van der Waals surface area contributed by atoms with Crippen LogP contribution in [0, 0.1) is 10.1 Å². The predicted molar refractivity (Wildman–Crippen MR) is 76.0 cm³/mol. The minimum Gasteiger partial charge on any atom is -0.379 e. The Morgan fingerprint density at radius 1 is 1.30 bits per heavy atom. The normalized spacial score (nSPS) is 10.4. The van der Waals surface area contributed by atoms with Crippen LogP contribution in [0.1, 0.15) is 26.2 Å². The average molecular weight is 275 g/mol. The van der Waals surface area contributed by atoms with Crippen LogP contribution in [-0.4, -0.2) is 26.2 Å². The fourth-order valence-corrected chi connectivity index (χ4v) is 1.91. The van der Waals surface area contributed by atoms with Gasteiger partial charge in [0.1, 0.15) is 18.3 Å². The Balaban J connectivity index is 2.18. The maximum Gasteiger partial charge on any atom is 0.294 e. The predicted octanol–water partition coefficient (Wildman–Crippen LogP) is 2.78. The lowest BCUT2D eigenvalue weighted by molar-refractivity contribution is -0.383. The molecule has 1 N–H and O–H groups in total. The summed E-state index contributed by atoms with van der Waals surface area (Å²) in [6.07, 6.45) is 6.25. The molecular weight excluding hydrogens is 258 g/mol. The molecule has 106 valence electrons. The van der Waals surface area contributed by atoms with E-state index < -0.39 is 0 Å². The van der Waals surface area contributed by atoms with E-state index in [9.17, 15) is 10.1 Å². The van der Waals surface area contributed by atoms with Crippen molar-refractivity contribution in [2.45, 2.75) is 26.2 Å². The molecule has 0 radical (unpaired) electrons. The van der Waals surface area contributed by atoms with Gasteiger partial charge in [-0.15, -0.1) is 10.2 Å². The number of benzene rings is 1. The first kappa shape index (κ1) is 14.0. The van der Waals surface area contributed by atoms with Crippen molar-refractivity contribution >= 4 is 11.4 Å². The molecule has 7 heteroatoms. The quantitative estimate of drug-likeness (QED) is 0.477. The number of unbranched alkanes of at least 4 members (excludes halogenated alkanes) is 2. The molecule has 0 unspecified atom stereocenters. The molecule has 0 saturated heterocycles. The zero-order valence-electron chi connectivity index (χ0n) is 11.3. The van der Waals surface area contributed by atoms with Crippen LogP contribution in [0.2, 0.25) is 0 Å². The second-order valence-electron chi connectivity index (χ2n) is 4.46. The number of nitro groups is 1. The van der Waals surface area contributed by atoms with Crippen LogP contribution in [0.25, 0.3) is 5.69 Å². The van der Waals surface area contributed by atoms with Crippen molar-refractivity contribution < 1.29 is 4.92 Å². The van der Waals surface area contributed by atoms with Crippen LogP contribution in [0.3, 0.4) is 0 Å². The third-order valence-electron chi connectivity index (χ3n) is 2.99. The minimum absolute atomic E-state index is 0.0627. The van der Waals surface area contributed by atoms with Gasteiger partial charge in [-0.2, -0.15) is 0 Å². The van der Waals surface area contributed by atoms with Gasteiger partial charge in [0.15, 0.2) is 0 Å². The Labute approximate surface area is 116 Å². The highest BCUT2D eigenvalue weighted by atomic mass is 16.6. The molecule has 1 aromatic carbocycles. The van der Waals surface area contributed by atoms with Gasteiger partial charge in [0.25, 0.3) is 5.69 Å². The molecule has 0 saturated carbocycles. The van der Waals surface area contributed by atoms with Gasteiger partial charge in [-0.3, -0.25) is 14.7 Å². The lowest BCUT2D eigenvalue weighted by Gasteiger charge is -2.08. The lowest BCUT2D eigenvalue weighted by Crippen LogP contribution is -2.05. The first-order chi connectivity index (χ1) is 9.72. The van der Waals surface area contributed by atoms with Crippen LogP contribution in [0.15, 0.2) is 30.9 Å². The topological polar surface area (TPSA) is 85.9 Å². The molecule has 0 atom stereocenters. The summed E-state index contributed by atoms with van der Waals surface area (Å²) >= 11 is 0. The van der Waals surface area contributed by atoms with E-state index in [1.807, 2.05) is 0 Å². The van der Waals surface area contributed by atoms with Gasteiger partial charge in [0.05, 0.1) is 10.6 Å². The van der Waals surface area contributed by atoms with Gasteiger partial charge in [-0.1, -0.05) is 19.8 Å². The Bertz CT molecular complexity index is 568. The molecule has 0 amide bonds. The van der Waals surface area contributed by atoms with Crippen molar-refractivity contribution in [1.82, 2.24) is 14.8 Å². The molecule has 1 aromatic heterocycles. The standard InChI is InChI=1S/C13H17N5O2/c1-2-3-4-7-14-12-6-5-11(8-13(12)18(19)20)17-9-15-16-10-17/h5-6,8-10,14H,2-4,7H2,1H3. The molecule has 20 heavy (non-hydrogen) atoms. The van der Waals surface area contributed by atoms with Crippen LogP contribution < -0.4 is 5.32 Å². The van der Waals surface area contributed by atoms with Crippen molar-refractivity contribution in [3.63, 3.8) is 0 Å². The summed E-state index contributed by atoms with van der Waals surface area (Å²) in [6.45, 7) is 2.86. The Morgan fingerprint density at radius 2 is 2.05 bits per heavy atom. The lowest BCUT2D eigenvalue weighted by atomic mass is 10.2. The number of nitrogens with one attached hydrogen (secondary N) is 1. The fourth-order valence-electron chi connectivity index (χ4n) is 1.91. The number of hydrogen-bond donors (Lipinski definition) is 1. The van der Waals surface area contributed by atoms with Crippen molar-refractivity contribution in [1.29, 1.82) is 0 Å². The summed E-state index contributed by atoms with van der Waals surface area (Å²) in [4.78, 5) is 10.8. The second kappa shape index (κ2) is 6.65. The second-order valence-corrected chi connectivity index (χ2v) is 4.46. The highest BCUT2D eigenvalue weighted by molar-refractivity contribution is 5.65. The molecule has 7 nitrogen and oxygen atoms in total. The number of hydrogen-bond acceptors (Lipinski definition) is 5. The van der Waals surface area contributed by atoms with Crippen LogP contribution in [-0.2, 0) is 0 Å². The van der Waals surface area contributed by atoms with E-state index >= 15 is 0 Å². The highest BCUT2D eigenvalue weighted by Gasteiger charge is 2.14. The van der Waals surface area contributed by atoms with E-state index in [0.29, 0.717) is 11.4 Å². The van der Waals surface area contributed by atoms with E-state index in [4.69, 9.17) is 0 Å². The van der Waals surface area contributed by atoms with Gasteiger partial charge in [0, 0.05) is 12.6 Å². The first-order valence-corrected chi connectivity index (χ1v) is 6.59. The minimum atomic E-state index is -0.379. The Morgan fingerprint density at radius 3 is 2.70 bits per heavy atom. The average Bonchev–Trinajstić information content (AvgIpc) is 2.97. The maximum absolute atomic E-state index is 11.2. The number of anilines is 1. The molecule has 1 heterocycles. The van der Waals surface area contributed by atoms with Gasteiger partial charge < -0.3 is 5.32 Å². The van der Waals surface area contributed by atoms with Crippen LogP contribution >= 0.6 is 0 Å². The van der Waals surface area contributed by atoms with E-state index in [1.54, 1.807) is 16.7 Å². The van der Waals surface area contributed by atoms with Crippen LogP contribution in [0.5, 0.6) is 0 Å². The SMILES string of the molecule is CCCCCNc1ccc(-n2cnnc2)cc1[N+](=O)[O-]. The Hall–Kier alpha value is -2.44. The summed E-state index contributed by atoms with van der Waals surface area (Å²) in [5.74, 6) is 0. The molecule has 0 aliphatic rings. The van der Waals surface area contributed by atoms with E-state index in [1.165, 1.54) is 18.7 Å². The molecule has 0 aliphatic carbocycles. The first-order valence-electron chi connectivity index (χ1n) is 6.59. The molecule has 0 aliphatic heterocycles. The van der Waals surface area contributed by atoms with Gasteiger partial charge >= 0.3 is 0 Å². The van der Waals surface area contributed by atoms with Crippen LogP contribution in [0.4, 0.5) is 11.4 Å². The third-order valence-corrected chi connectivity index (χ3v) is 2.99. The van der Waals surface area contributed by atoms with E-state index in [0.717, 1.165) is 25.8 Å². The summed E-state index contributed by atoms with van der Waals surface area (Å²) < 4.78 is 1.63. The number of nitrogens with zero attached hydrogens (tertiary/aromatic N) is 4. The zero-order chi connectivity index (χ0) is 14.4. The molecule has 0 spiro atoms. The largest absolute Gasteiger partial charge is 0.379 e. The maximum atomic E-state index is 11.2. The highest BCUT2D eigenvalue weighted by Crippen LogP contribution is 2.27. The summed E-state index contributed by atoms with van der Waals surface area (Å²) in [7, 11) is 0. The monoisotopic (exact) mass is 275 g/mol. The smallest absolute Gasteiger partial charge is 0.294 e. The van der Waals surface area contributed by atoms with Gasteiger partial charge in [-0.05, 0) is 18.6 Å². The van der Waals surface area contributed by atoms with Crippen molar-refractivity contribution in [3.8, 4) is 5.69 Å². The summed E-state index contributed by atoms with van der Waals surface area (Å²) in [6, 6.07) is 5.05. The molecule has 2 aromatic rings. The van der Waals surface area contributed by atoms with E-state index in [2.05, 4.69) is 22.4 Å². The van der Waals surface area contributed by atoms with Gasteiger partial charge in [-0.25, -0.2) is 0 Å². The number of nitro benzene ring substituents is 1. The molecule has 0 bridgehead atoms. The summed E-state index contributed by atoms with van der Waals surface area (Å²) in [5, 5.41) is 21.7. The van der Waals surface area contributed by atoms with Crippen molar-refractivity contribution in [2.24, 2.45) is 0 Å². The van der Waals surface area contributed by atoms with Crippen molar-refractivity contribution in [2.75, 3.05) is 11.9 Å². The van der Waals surface area contributed by atoms with Gasteiger partial charge in [0.2, 0.25) is 0 Å². The number of aromatic nitrogens is 3. The third kappa shape index (κ3) is 3.31. The summed E-state index contributed by atoms with van der Waals surface area (Å²) in [5.41, 5.74) is 1.27. The molecule has 0 fully saturated rings. The molecular formula is C13H17N5O2. The Kier molecular flexibility index (Phi) is 4.65. The fraction of sp³-hybridized carbons (Fsp3) is 0.385.